The molecule has 5 N–H and O–H groups in total. The molecule has 0 aliphatic rings. The summed E-state index contributed by atoms with van der Waals surface area (Å²) in [5, 5.41) is 2.06. The quantitative estimate of drug-likeness (QED) is 0.284. The summed E-state index contributed by atoms with van der Waals surface area (Å²) >= 11 is 0. The third kappa shape index (κ3) is 4.57. The second-order valence-electron chi connectivity index (χ2n) is 1.52. The molecule has 10 heavy (non-hydrogen) atoms. The number of nitrogens with zero attached hydrogens (tertiary/aromatic N) is 1. The van der Waals surface area contributed by atoms with E-state index >= 15 is 0 Å². The average molecular weight is 144 g/mol. The number of nitrogens with two attached hydrogens (primary N) is 2. The molecule has 0 atom stereocenters. The van der Waals surface area contributed by atoms with Crippen LogP contribution in [-0.2, 0) is 4.79 Å². The summed E-state index contributed by atoms with van der Waals surface area (Å²) in [5.41, 5.74) is 9.60. The van der Waals surface area contributed by atoms with Gasteiger partial charge in [-0.15, -0.1) is 0 Å². The predicted molar refractivity (Wildman–Crippen MR) is 35.0 cm³/mol. The fourth-order valence-corrected chi connectivity index (χ4v) is 0.327. The van der Waals surface area contributed by atoms with Gasteiger partial charge in [0.2, 0.25) is 11.9 Å². The van der Waals surface area contributed by atoms with Crippen molar-refractivity contribution in [1.29, 1.82) is 0 Å². The number of hydrogen-bond acceptors (Lipinski definition) is 2. The molecule has 6 heteroatoms. The molecule has 0 rings (SSSR count). The van der Waals surface area contributed by atoms with Gasteiger partial charge in [0.15, 0.2) is 0 Å². The molecule has 0 radical (unpaired) electrons. The van der Waals surface area contributed by atoms with Crippen LogP contribution in [0.2, 0.25) is 0 Å². The zero-order chi connectivity index (χ0) is 8.15. The van der Waals surface area contributed by atoms with Gasteiger partial charge in [-0.1, -0.05) is 0 Å². The minimum Gasteiger partial charge on any atom is -0.369 e. The van der Waals surface area contributed by atoms with Gasteiger partial charge in [-0.3, -0.25) is 10.1 Å². The van der Waals surface area contributed by atoms with Crippen molar-refractivity contribution in [1.82, 2.24) is 5.32 Å². The lowest BCUT2D eigenvalue weighted by Gasteiger charge is -1.96. The second-order valence-corrected chi connectivity index (χ2v) is 1.52. The first-order valence-electron chi connectivity index (χ1n) is 2.43. The van der Waals surface area contributed by atoms with E-state index in [2.05, 4.69) is 16.0 Å². The third-order valence-corrected chi connectivity index (χ3v) is 0.535. The fourth-order valence-electron chi connectivity index (χ4n) is 0.327. The molecule has 0 spiro atoms. The van der Waals surface area contributed by atoms with Gasteiger partial charge in [-0.05, 0) is 0 Å². The molecule has 56 valence electrons. The number of hydrogen-bond donors (Lipinski definition) is 3. The molecule has 0 heterocycles. The van der Waals surface area contributed by atoms with Crippen LogP contribution in [0.1, 0.15) is 6.92 Å². The van der Waals surface area contributed by atoms with Crippen molar-refractivity contribution in [2.45, 2.75) is 6.92 Å². The van der Waals surface area contributed by atoms with Crippen LogP contribution in [0.4, 0.5) is 4.79 Å². The number of urea groups is 1. The molecule has 0 aromatic carbocycles. The van der Waals surface area contributed by atoms with Crippen molar-refractivity contribution in [3.8, 4) is 0 Å². The zero-order valence-electron chi connectivity index (χ0n) is 5.42. The largest absolute Gasteiger partial charge is 0.369 e. The Labute approximate surface area is 57.3 Å². The topological polar surface area (TPSA) is 111 Å². The SMILES string of the molecule is CC(=O)N/C(N)=N/C(N)=O. The van der Waals surface area contributed by atoms with E-state index in [1.807, 2.05) is 0 Å². The van der Waals surface area contributed by atoms with Crippen molar-refractivity contribution in [3.63, 3.8) is 0 Å². The Balaban J connectivity index is 3.95. The summed E-state index contributed by atoms with van der Waals surface area (Å²) in [7, 11) is 0. The van der Waals surface area contributed by atoms with Gasteiger partial charge in [0, 0.05) is 6.92 Å². The first-order chi connectivity index (χ1) is 4.52. The number of aliphatic imine (C=N–C) groups is 1. The molecule has 0 bridgehead atoms. The van der Waals surface area contributed by atoms with E-state index in [9.17, 15) is 9.59 Å². The lowest BCUT2D eigenvalue weighted by Crippen LogP contribution is -2.36. The molecule has 0 unspecified atom stereocenters. The molecule has 0 saturated heterocycles. The van der Waals surface area contributed by atoms with Gasteiger partial charge in [0.1, 0.15) is 0 Å². The third-order valence-electron chi connectivity index (χ3n) is 0.535. The Morgan fingerprint density at radius 3 is 2.20 bits per heavy atom. The molecular formula is C4H8N4O2. The average Bonchev–Trinajstić information content (AvgIpc) is 1.58. The number of amides is 3. The summed E-state index contributed by atoms with van der Waals surface area (Å²) in [6, 6.07) is -0.939. The van der Waals surface area contributed by atoms with Gasteiger partial charge >= 0.3 is 6.03 Å². The fraction of sp³-hybridized carbons (Fsp3) is 0.250. The summed E-state index contributed by atoms with van der Waals surface area (Å²) < 4.78 is 0. The number of guanidine groups is 1. The summed E-state index contributed by atoms with van der Waals surface area (Å²) in [5.74, 6) is -0.692. The molecule has 6 nitrogen and oxygen atoms in total. The number of nitrogens with one attached hydrogen (secondary N) is 1. The van der Waals surface area contributed by atoms with Gasteiger partial charge in [0.05, 0.1) is 0 Å². The smallest absolute Gasteiger partial charge is 0.341 e. The van der Waals surface area contributed by atoms with Crippen LogP contribution >= 0.6 is 0 Å². The molecule has 0 aliphatic carbocycles. The van der Waals surface area contributed by atoms with Crippen LogP contribution in [0.15, 0.2) is 4.99 Å². The maximum atomic E-state index is 10.2. The minimum absolute atomic E-state index is 0.292. The van der Waals surface area contributed by atoms with Crippen LogP contribution in [-0.4, -0.2) is 17.9 Å². The lowest BCUT2D eigenvalue weighted by molar-refractivity contribution is -0.117. The van der Waals surface area contributed by atoms with Gasteiger partial charge in [-0.2, -0.15) is 4.99 Å². The summed E-state index contributed by atoms with van der Waals surface area (Å²) in [6.45, 7) is 1.24. The summed E-state index contributed by atoms with van der Waals surface area (Å²) in [4.78, 5) is 23.2. The van der Waals surface area contributed by atoms with Crippen molar-refractivity contribution >= 4 is 17.9 Å². The van der Waals surface area contributed by atoms with E-state index in [1.165, 1.54) is 6.92 Å². The maximum Gasteiger partial charge on any atom is 0.341 e. The van der Waals surface area contributed by atoms with Crippen LogP contribution in [0.5, 0.6) is 0 Å². The molecule has 0 saturated carbocycles. The Morgan fingerprint density at radius 1 is 1.40 bits per heavy atom. The van der Waals surface area contributed by atoms with E-state index in [-0.39, 0.29) is 5.96 Å². The van der Waals surface area contributed by atoms with Crippen molar-refractivity contribution in [3.05, 3.63) is 0 Å². The zero-order valence-corrected chi connectivity index (χ0v) is 5.42. The molecule has 0 aliphatic heterocycles. The first-order valence-corrected chi connectivity index (χ1v) is 2.43. The standard InChI is InChI=1S/C4H8N4O2/c1-2(9)7-3(5)8-4(6)10/h1H3,(H5,5,6,7,8,9,10). The van der Waals surface area contributed by atoms with E-state index in [0.717, 1.165) is 0 Å². The first kappa shape index (κ1) is 8.41. The van der Waals surface area contributed by atoms with Crippen molar-refractivity contribution in [2.24, 2.45) is 16.5 Å². The van der Waals surface area contributed by atoms with Crippen molar-refractivity contribution < 1.29 is 9.59 Å². The Bertz CT molecular complexity index is 186. The predicted octanol–water partition coefficient (Wildman–Crippen LogP) is -1.48. The van der Waals surface area contributed by atoms with Gasteiger partial charge in [0.25, 0.3) is 0 Å². The number of carbonyl (C=O) groups excluding carboxylic acids is 2. The van der Waals surface area contributed by atoms with Crippen molar-refractivity contribution in [2.75, 3.05) is 0 Å². The van der Waals surface area contributed by atoms with E-state index in [1.54, 1.807) is 0 Å². The Kier molecular flexibility index (Phi) is 2.89. The minimum atomic E-state index is -0.939. The highest BCUT2D eigenvalue weighted by atomic mass is 16.2. The highest BCUT2D eigenvalue weighted by Crippen LogP contribution is 1.67. The van der Waals surface area contributed by atoms with Gasteiger partial charge < -0.3 is 11.5 Å². The second kappa shape index (κ2) is 3.44. The van der Waals surface area contributed by atoms with Crippen LogP contribution in [0.3, 0.4) is 0 Å². The molecule has 3 amide bonds. The monoisotopic (exact) mass is 144 g/mol. The molecular weight excluding hydrogens is 136 g/mol. The van der Waals surface area contributed by atoms with Crippen LogP contribution in [0.25, 0.3) is 0 Å². The highest BCUT2D eigenvalue weighted by molar-refractivity contribution is 5.99. The normalized spacial score (nSPS) is 10.7. The highest BCUT2D eigenvalue weighted by Gasteiger charge is 1.95. The maximum absolute atomic E-state index is 10.2. The Hall–Kier alpha value is -1.59. The van der Waals surface area contributed by atoms with Crippen LogP contribution < -0.4 is 16.8 Å². The number of carbonyl (C=O) groups is 2. The molecule has 0 fully saturated rings. The number of rotatable bonds is 0. The summed E-state index contributed by atoms with van der Waals surface area (Å²) in [6.07, 6.45) is 0. The van der Waals surface area contributed by atoms with Gasteiger partial charge in [-0.25, -0.2) is 4.79 Å². The van der Waals surface area contributed by atoms with E-state index < -0.39 is 11.9 Å². The number of primary amides is 1. The van der Waals surface area contributed by atoms with E-state index in [0.29, 0.717) is 0 Å². The van der Waals surface area contributed by atoms with E-state index in [4.69, 9.17) is 5.73 Å². The van der Waals surface area contributed by atoms with Crippen LogP contribution in [0, 0.1) is 0 Å². The Morgan fingerprint density at radius 2 is 1.90 bits per heavy atom. The molecule has 0 aromatic heterocycles. The molecule has 0 aromatic rings. The lowest BCUT2D eigenvalue weighted by atomic mass is 10.7.